The zero-order valence-electron chi connectivity index (χ0n) is 46.6. The lowest BCUT2D eigenvalue weighted by Gasteiger charge is -2.33. The summed E-state index contributed by atoms with van der Waals surface area (Å²) in [5.74, 6) is -0.170. The second-order valence-corrected chi connectivity index (χ2v) is 20.1. The minimum atomic E-state index is -0.170. The predicted octanol–water partition coefficient (Wildman–Crippen LogP) is 13.7. The van der Waals surface area contributed by atoms with Crippen LogP contribution in [0.4, 0.5) is 0 Å². The molecule has 0 aliphatic carbocycles. The maximum Gasteiger partial charge on any atom is 0.305 e. The number of hydrogen-bond donors (Lipinski definition) is 1. The van der Waals surface area contributed by atoms with Gasteiger partial charge in [-0.25, -0.2) is 0 Å². The summed E-state index contributed by atoms with van der Waals surface area (Å²) >= 11 is 0. The third-order valence-corrected chi connectivity index (χ3v) is 12.7. The van der Waals surface area contributed by atoms with Gasteiger partial charge in [-0.05, 0) is 77.0 Å². The van der Waals surface area contributed by atoms with Gasteiger partial charge in [0.25, 0.3) is 0 Å². The zero-order valence-corrected chi connectivity index (χ0v) is 46.6. The molecule has 0 saturated carbocycles. The molecule has 0 heterocycles. The number of hydrogen-bond acceptors (Lipinski definition) is 10. The van der Waals surface area contributed by atoms with Gasteiger partial charge in [-0.15, -0.1) is 0 Å². The number of nitrogens with zero attached hydrogens (tertiary/aromatic N) is 1. The van der Waals surface area contributed by atoms with Crippen molar-refractivity contribution in [2.75, 3.05) is 126 Å². The second-order valence-electron chi connectivity index (χ2n) is 20.1. The fourth-order valence-electron chi connectivity index (χ4n) is 8.38. The summed E-state index contributed by atoms with van der Waals surface area (Å²) in [5.41, 5.74) is 0. The molecule has 0 aromatic rings. The molecule has 1 N–H and O–H groups in total. The van der Waals surface area contributed by atoms with E-state index in [0.717, 1.165) is 56.5 Å². The summed E-state index contributed by atoms with van der Waals surface area (Å²) in [5, 5.41) is 8.67. The summed E-state index contributed by atoms with van der Waals surface area (Å²) in [7, 11) is 4.55. The molecule has 0 bridgehead atoms. The first-order chi connectivity index (χ1) is 34.4. The molecule has 0 fully saturated rings. The van der Waals surface area contributed by atoms with E-state index >= 15 is 0 Å². The van der Waals surface area contributed by atoms with Gasteiger partial charge in [0.15, 0.2) is 0 Å². The zero-order chi connectivity index (χ0) is 50.8. The maximum absolute atomic E-state index is 12.4. The van der Waals surface area contributed by atoms with Gasteiger partial charge in [0.2, 0.25) is 0 Å². The molecule has 416 valence electrons. The first-order valence-electron chi connectivity index (χ1n) is 29.4. The molecule has 1 unspecified atom stereocenters. The number of likely N-dealkylation sites (N-methyl/N-ethyl adjacent to an activating group) is 1. The van der Waals surface area contributed by atoms with Crippen LogP contribution in [0.1, 0.15) is 219 Å². The number of aliphatic hydroxyl groups excluding tert-OH is 1. The van der Waals surface area contributed by atoms with E-state index in [9.17, 15) is 4.79 Å². The van der Waals surface area contributed by atoms with Crippen molar-refractivity contribution in [3.05, 3.63) is 24.3 Å². The smallest absolute Gasteiger partial charge is 0.305 e. The van der Waals surface area contributed by atoms with Crippen molar-refractivity contribution in [2.45, 2.75) is 225 Å². The Hall–Kier alpha value is -1.41. The fourth-order valence-corrected chi connectivity index (χ4v) is 8.38. The molecule has 0 aromatic heterocycles. The van der Waals surface area contributed by atoms with Crippen LogP contribution in [0.15, 0.2) is 24.3 Å². The molecule has 1 atom stereocenters. The minimum absolute atomic E-state index is 0.0208. The number of carbonyl (C=O) groups is 1. The third kappa shape index (κ3) is 57.5. The molecule has 0 amide bonds. The highest BCUT2D eigenvalue weighted by Gasteiger charge is 2.23. The van der Waals surface area contributed by atoms with Gasteiger partial charge < -0.3 is 47.5 Å². The van der Waals surface area contributed by atoms with Crippen LogP contribution in [0.3, 0.4) is 0 Å². The Morgan fingerprint density at radius 1 is 0.414 bits per heavy atom. The summed E-state index contributed by atoms with van der Waals surface area (Å²) in [6.45, 7) is 13.4. The number of carbonyl (C=O) groups excluding carboxylic acids is 1. The monoisotopic (exact) mass is 999 g/mol. The number of unbranched alkanes of at least 4 members (excludes halogenated alkanes) is 26. The number of quaternary nitrogens is 1. The average Bonchev–Trinajstić information content (AvgIpc) is 3.35. The quantitative estimate of drug-likeness (QED) is 0.0274. The molecule has 0 aliphatic heterocycles. The van der Waals surface area contributed by atoms with Crippen molar-refractivity contribution in [3.63, 3.8) is 0 Å². The van der Waals surface area contributed by atoms with Crippen molar-refractivity contribution in [2.24, 2.45) is 0 Å². The second kappa shape index (κ2) is 58.5. The van der Waals surface area contributed by atoms with Crippen LogP contribution < -0.4 is 0 Å². The van der Waals surface area contributed by atoms with E-state index in [0.29, 0.717) is 79.1 Å². The number of rotatable bonds is 60. The van der Waals surface area contributed by atoms with Crippen LogP contribution in [0.5, 0.6) is 0 Å². The summed E-state index contributed by atoms with van der Waals surface area (Å²) < 4.78 is 46.1. The number of esters is 1. The van der Waals surface area contributed by atoms with Crippen LogP contribution in [-0.2, 0) is 42.7 Å². The van der Waals surface area contributed by atoms with Crippen LogP contribution in [0, 0.1) is 0 Å². The SMILES string of the molecule is CCCCCCCC/C=C\CCCCCCCCCOCC(C[N+](C)(C)CCCCC(=O)OCCOCCOCCOCCOCCOCCO)OCCCCCCCC/C=C\CCCCCCCC. The lowest BCUT2D eigenvalue weighted by molar-refractivity contribution is -0.893. The van der Waals surface area contributed by atoms with Gasteiger partial charge in [0.05, 0.1) is 99.9 Å². The number of aliphatic hydroxyl groups is 1. The minimum Gasteiger partial charge on any atom is -0.463 e. The van der Waals surface area contributed by atoms with Gasteiger partial charge in [-0.2, -0.15) is 0 Å². The van der Waals surface area contributed by atoms with Crippen molar-refractivity contribution in [1.82, 2.24) is 0 Å². The summed E-state index contributed by atoms with van der Waals surface area (Å²) in [6.07, 6.45) is 50.0. The van der Waals surface area contributed by atoms with Gasteiger partial charge in [0.1, 0.15) is 19.3 Å². The molecule has 0 saturated heterocycles. The summed E-state index contributed by atoms with van der Waals surface area (Å²) in [4.78, 5) is 12.4. The number of ether oxygens (including phenoxy) is 8. The normalized spacial score (nSPS) is 12.6. The molecule has 0 spiro atoms. The lowest BCUT2D eigenvalue weighted by atomic mass is 10.1. The lowest BCUT2D eigenvalue weighted by Crippen LogP contribution is -2.48. The Morgan fingerprint density at radius 3 is 1.21 bits per heavy atom. The highest BCUT2D eigenvalue weighted by atomic mass is 16.6. The third-order valence-electron chi connectivity index (χ3n) is 12.7. The topological polar surface area (TPSA) is 111 Å². The van der Waals surface area contributed by atoms with E-state index < -0.39 is 0 Å². The van der Waals surface area contributed by atoms with Crippen LogP contribution in [0.2, 0.25) is 0 Å². The molecule has 0 aromatic carbocycles. The van der Waals surface area contributed by atoms with Crippen molar-refractivity contribution in [1.29, 1.82) is 0 Å². The van der Waals surface area contributed by atoms with E-state index in [1.54, 1.807) is 0 Å². The van der Waals surface area contributed by atoms with Crippen molar-refractivity contribution in [3.8, 4) is 0 Å². The Balaban J connectivity index is 4.29. The average molecular weight is 1000 g/mol. The largest absolute Gasteiger partial charge is 0.463 e. The van der Waals surface area contributed by atoms with E-state index in [4.69, 9.17) is 43.0 Å². The first kappa shape index (κ1) is 68.6. The van der Waals surface area contributed by atoms with E-state index in [1.165, 1.54) is 173 Å². The van der Waals surface area contributed by atoms with Crippen LogP contribution in [0.25, 0.3) is 0 Å². The van der Waals surface area contributed by atoms with Gasteiger partial charge in [-0.3, -0.25) is 4.79 Å². The number of allylic oxidation sites excluding steroid dienone is 4. The van der Waals surface area contributed by atoms with Gasteiger partial charge in [-0.1, -0.05) is 160 Å². The molecule has 0 rings (SSSR count). The highest BCUT2D eigenvalue weighted by molar-refractivity contribution is 5.69. The first-order valence-corrected chi connectivity index (χ1v) is 29.4. The van der Waals surface area contributed by atoms with Crippen LogP contribution in [-0.4, -0.2) is 148 Å². The Bertz CT molecular complexity index is 1080. The Morgan fingerprint density at radius 2 is 0.786 bits per heavy atom. The van der Waals surface area contributed by atoms with E-state index in [-0.39, 0.29) is 25.3 Å². The molecule has 11 nitrogen and oxygen atoms in total. The highest BCUT2D eigenvalue weighted by Crippen LogP contribution is 2.14. The predicted molar refractivity (Wildman–Crippen MR) is 292 cm³/mol. The van der Waals surface area contributed by atoms with E-state index in [2.05, 4.69) is 52.2 Å². The van der Waals surface area contributed by atoms with Crippen molar-refractivity contribution < 1.29 is 52.3 Å². The molecule has 0 aliphatic rings. The molecular weight excluding hydrogens is 883 g/mol. The Kier molecular flexibility index (Phi) is 57.3. The molecular formula is C59H116NO10+. The van der Waals surface area contributed by atoms with E-state index in [1.807, 2.05) is 0 Å². The fraction of sp³-hybridized carbons (Fsp3) is 0.915. The van der Waals surface area contributed by atoms with Gasteiger partial charge in [0, 0.05) is 19.6 Å². The Labute approximate surface area is 432 Å². The molecule has 0 radical (unpaired) electrons. The van der Waals surface area contributed by atoms with Crippen LogP contribution >= 0.6 is 0 Å². The summed E-state index contributed by atoms with van der Waals surface area (Å²) in [6, 6.07) is 0. The molecule has 11 heteroatoms. The molecule has 70 heavy (non-hydrogen) atoms. The van der Waals surface area contributed by atoms with Crippen molar-refractivity contribution >= 4 is 5.97 Å². The maximum atomic E-state index is 12.4. The van der Waals surface area contributed by atoms with Gasteiger partial charge >= 0.3 is 5.97 Å². The standard InChI is InChI=1S/C59H116NO10/c1-5-7-9-11-13-15-17-19-21-23-24-26-28-30-32-34-38-43-68-57-58(69-44-39-35-33-31-29-27-25-22-20-18-16-14-12-10-8-6-2)56-60(3,4)41-37-36-40-59(62)70-55-54-67-53-52-66-51-50-65-49-48-64-47-46-63-45-42-61/h19-22,58,61H,5-18,23-57H2,1-4H3/q+1/b21-19-,22-20-.